The summed E-state index contributed by atoms with van der Waals surface area (Å²) in [6.07, 6.45) is 0. The average molecular weight is 253 g/mol. The van der Waals surface area contributed by atoms with Crippen LogP contribution in [0.5, 0.6) is 0 Å². The first-order valence-corrected chi connectivity index (χ1v) is 6.69. The molecule has 2 N–H and O–H groups in total. The van der Waals surface area contributed by atoms with E-state index in [1.165, 1.54) is 17.2 Å². The lowest BCUT2D eigenvalue weighted by Gasteiger charge is -2.14. The summed E-state index contributed by atoms with van der Waals surface area (Å²) in [7, 11) is 0. The third-order valence-corrected chi connectivity index (χ3v) is 3.00. The van der Waals surface area contributed by atoms with Crippen molar-refractivity contribution in [2.24, 2.45) is 0 Å². The van der Waals surface area contributed by atoms with Gasteiger partial charge in [0.1, 0.15) is 0 Å². The van der Waals surface area contributed by atoms with Crippen molar-refractivity contribution in [1.82, 2.24) is 10.6 Å². The van der Waals surface area contributed by atoms with Crippen LogP contribution in [0.2, 0.25) is 0 Å². The third kappa shape index (κ3) is 5.25. The molecule has 0 fully saturated rings. The van der Waals surface area contributed by atoms with Crippen LogP contribution in [-0.2, 0) is 13.1 Å². The molecular formula is C17H21N2. The Balaban J connectivity index is 1.64. The number of benzene rings is 2. The summed E-state index contributed by atoms with van der Waals surface area (Å²) in [6, 6.07) is 22.2. The van der Waals surface area contributed by atoms with Crippen molar-refractivity contribution in [2.45, 2.75) is 20.0 Å². The molecule has 0 aliphatic carbocycles. The van der Waals surface area contributed by atoms with Crippen molar-refractivity contribution in [3.8, 4) is 0 Å². The Morgan fingerprint density at radius 2 is 1.32 bits per heavy atom. The van der Waals surface area contributed by atoms with Crippen molar-refractivity contribution < 1.29 is 0 Å². The van der Waals surface area contributed by atoms with Gasteiger partial charge in [0.25, 0.3) is 0 Å². The minimum absolute atomic E-state index is 0.889. The zero-order valence-corrected chi connectivity index (χ0v) is 11.4. The highest BCUT2D eigenvalue weighted by molar-refractivity contribution is 5.15. The number of nitrogens with one attached hydrogen (secondary N) is 2. The lowest BCUT2D eigenvalue weighted by atomic mass is 10.2. The average Bonchev–Trinajstić information content (AvgIpc) is 2.47. The van der Waals surface area contributed by atoms with Crippen molar-refractivity contribution in [2.75, 3.05) is 6.54 Å². The fraction of sp³-hybridized carbons (Fsp3) is 0.235. The zero-order valence-electron chi connectivity index (χ0n) is 11.4. The first-order valence-electron chi connectivity index (χ1n) is 6.69. The SMILES string of the molecule is C[C](CNCc1ccccc1)NCc1ccccc1. The molecule has 0 aliphatic rings. The first-order chi connectivity index (χ1) is 9.34. The minimum Gasteiger partial charge on any atom is -0.311 e. The second-order valence-corrected chi connectivity index (χ2v) is 4.71. The Kier molecular flexibility index (Phi) is 5.60. The molecule has 0 bridgehead atoms. The second kappa shape index (κ2) is 7.72. The van der Waals surface area contributed by atoms with Crippen LogP contribution in [0.4, 0.5) is 0 Å². The molecule has 0 amide bonds. The minimum atomic E-state index is 0.889. The van der Waals surface area contributed by atoms with Gasteiger partial charge in [-0.05, 0) is 18.1 Å². The third-order valence-electron chi connectivity index (χ3n) is 3.00. The van der Waals surface area contributed by atoms with Gasteiger partial charge in [0.2, 0.25) is 0 Å². The van der Waals surface area contributed by atoms with E-state index in [0.717, 1.165) is 19.6 Å². The van der Waals surface area contributed by atoms with Gasteiger partial charge in [0, 0.05) is 25.7 Å². The van der Waals surface area contributed by atoms with Crippen LogP contribution in [0, 0.1) is 6.04 Å². The number of rotatable bonds is 7. The summed E-state index contributed by atoms with van der Waals surface area (Å²) in [6.45, 7) is 4.81. The summed E-state index contributed by atoms with van der Waals surface area (Å²) in [5.41, 5.74) is 2.63. The molecule has 0 heterocycles. The molecule has 0 aromatic heterocycles. The lowest BCUT2D eigenvalue weighted by molar-refractivity contribution is 0.605. The van der Waals surface area contributed by atoms with Gasteiger partial charge in [0.15, 0.2) is 0 Å². The summed E-state index contributed by atoms with van der Waals surface area (Å²) < 4.78 is 0. The quantitative estimate of drug-likeness (QED) is 0.792. The molecular weight excluding hydrogens is 232 g/mol. The van der Waals surface area contributed by atoms with Crippen molar-refractivity contribution in [3.63, 3.8) is 0 Å². The summed E-state index contributed by atoms with van der Waals surface area (Å²) in [5.74, 6) is 0. The summed E-state index contributed by atoms with van der Waals surface area (Å²) in [4.78, 5) is 0. The molecule has 1 radical (unpaired) electrons. The maximum absolute atomic E-state index is 3.44. The maximum Gasteiger partial charge on any atom is 0.0474 e. The fourth-order valence-electron chi connectivity index (χ4n) is 1.90. The molecule has 0 unspecified atom stereocenters. The van der Waals surface area contributed by atoms with Crippen LogP contribution in [0.3, 0.4) is 0 Å². The molecule has 19 heavy (non-hydrogen) atoms. The fourth-order valence-corrected chi connectivity index (χ4v) is 1.90. The molecule has 0 aliphatic heterocycles. The summed E-state index contributed by atoms with van der Waals surface area (Å²) >= 11 is 0. The molecule has 2 nitrogen and oxygen atoms in total. The predicted molar refractivity (Wildman–Crippen MR) is 80.3 cm³/mol. The molecule has 0 spiro atoms. The smallest absolute Gasteiger partial charge is 0.0474 e. The van der Waals surface area contributed by atoms with E-state index >= 15 is 0 Å². The van der Waals surface area contributed by atoms with Crippen LogP contribution in [0.15, 0.2) is 60.7 Å². The normalized spacial score (nSPS) is 10.8. The van der Waals surface area contributed by atoms with Gasteiger partial charge in [-0.2, -0.15) is 0 Å². The summed E-state index contributed by atoms with van der Waals surface area (Å²) in [5, 5.41) is 6.88. The highest BCUT2D eigenvalue weighted by atomic mass is 15.0. The van der Waals surface area contributed by atoms with Gasteiger partial charge in [-0.1, -0.05) is 60.7 Å². The monoisotopic (exact) mass is 253 g/mol. The predicted octanol–water partition coefficient (Wildman–Crippen LogP) is 3.12. The first kappa shape index (κ1) is 13.8. The van der Waals surface area contributed by atoms with Crippen LogP contribution < -0.4 is 10.6 Å². The molecule has 2 aromatic rings. The maximum atomic E-state index is 3.44. The topological polar surface area (TPSA) is 24.1 Å². The zero-order chi connectivity index (χ0) is 13.3. The van der Waals surface area contributed by atoms with E-state index in [2.05, 4.69) is 66.1 Å². The highest BCUT2D eigenvalue weighted by Gasteiger charge is 2.01. The highest BCUT2D eigenvalue weighted by Crippen LogP contribution is 2.01. The van der Waals surface area contributed by atoms with Gasteiger partial charge in [-0.15, -0.1) is 0 Å². The Hall–Kier alpha value is -1.64. The van der Waals surface area contributed by atoms with E-state index in [1.54, 1.807) is 0 Å². The number of hydrogen-bond acceptors (Lipinski definition) is 2. The van der Waals surface area contributed by atoms with Gasteiger partial charge >= 0.3 is 0 Å². The van der Waals surface area contributed by atoms with E-state index in [9.17, 15) is 0 Å². The largest absolute Gasteiger partial charge is 0.311 e. The van der Waals surface area contributed by atoms with E-state index < -0.39 is 0 Å². The molecule has 99 valence electrons. The lowest BCUT2D eigenvalue weighted by Crippen LogP contribution is -2.29. The van der Waals surface area contributed by atoms with Crippen LogP contribution in [0.1, 0.15) is 18.1 Å². The Morgan fingerprint density at radius 1 is 0.789 bits per heavy atom. The van der Waals surface area contributed by atoms with Crippen molar-refractivity contribution in [1.29, 1.82) is 0 Å². The second-order valence-electron chi connectivity index (χ2n) is 4.71. The van der Waals surface area contributed by atoms with Crippen LogP contribution >= 0.6 is 0 Å². The standard InChI is InChI=1S/C17H21N2/c1-15(19-14-17-10-6-3-7-11-17)12-18-13-16-8-4-2-5-9-16/h2-11,18-19H,12-14H2,1H3. The molecule has 0 atom stereocenters. The number of hydrogen-bond donors (Lipinski definition) is 2. The molecule has 2 heteroatoms. The van der Waals surface area contributed by atoms with E-state index in [1.807, 2.05) is 12.1 Å². The molecule has 2 rings (SSSR count). The van der Waals surface area contributed by atoms with Gasteiger partial charge < -0.3 is 10.6 Å². The molecule has 2 aromatic carbocycles. The van der Waals surface area contributed by atoms with Gasteiger partial charge in [-0.3, -0.25) is 0 Å². The van der Waals surface area contributed by atoms with Crippen LogP contribution in [0.25, 0.3) is 0 Å². The molecule has 0 saturated heterocycles. The Morgan fingerprint density at radius 3 is 1.89 bits per heavy atom. The Bertz CT molecular complexity index is 453. The Labute approximate surface area is 115 Å². The molecule has 0 saturated carbocycles. The van der Waals surface area contributed by atoms with Crippen LogP contribution in [-0.4, -0.2) is 6.54 Å². The van der Waals surface area contributed by atoms with E-state index in [0.29, 0.717) is 0 Å². The van der Waals surface area contributed by atoms with E-state index in [4.69, 9.17) is 0 Å². The van der Waals surface area contributed by atoms with Crippen molar-refractivity contribution in [3.05, 3.63) is 77.8 Å². The van der Waals surface area contributed by atoms with Gasteiger partial charge in [0.05, 0.1) is 0 Å². The van der Waals surface area contributed by atoms with Crippen molar-refractivity contribution >= 4 is 0 Å². The van der Waals surface area contributed by atoms with Gasteiger partial charge in [-0.25, -0.2) is 0 Å². The van der Waals surface area contributed by atoms with E-state index in [-0.39, 0.29) is 0 Å².